The maximum atomic E-state index is 12.6. The molecule has 0 radical (unpaired) electrons. The van der Waals surface area contributed by atoms with Gasteiger partial charge in [0.1, 0.15) is 11.5 Å². The molecular formula is C22H24N2O6. The quantitative estimate of drug-likeness (QED) is 0.749. The molecule has 8 nitrogen and oxygen atoms in total. The number of aromatic carboxylic acids is 1. The van der Waals surface area contributed by atoms with Crippen LogP contribution in [-0.2, 0) is 4.79 Å². The number of piperazine rings is 1. The van der Waals surface area contributed by atoms with Crippen LogP contribution in [0, 0.1) is 0 Å². The van der Waals surface area contributed by atoms with Gasteiger partial charge >= 0.3 is 5.97 Å². The van der Waals surface area contributed by atoms with Crippen molar-refractivity contribution in [2.45, 2.75) is 6.42 Å². The predicted octanol–water partition coefficient (Wildman–Crippen LogP) is 2.15. The summed E-state index contributed by atoms with van der Waals surface area (Å²) in [5.74, 6) is 0.122. The lowest BCUT2D eigenvalue weighted by molar-refractivity contribution is -0.133. The van der Waals surface area contributed by atoms with E-state index in [-0.39, 0.29) is 30.4 Å². The second-order valence-electron chi connectivity index (χ2n) is 6.83. The van der Waals surface area contributed by atoms with Crippen LogP contribution in [-0.4, -0.2) is 72.6 Å². The summed E-state index contributed by atoms with van der Waals surface area (Å²) in [5.41, 5.74) is 0.574. The first-order valence-corrected chi connectivity index (χ1v) is 9.65. The van der Waals surface area contributed by atoms with Crippen LogP contribution in [0.1, 0.15) is 27.1 Å². The van der Waals surface area contributed by atoms with E-state index < -0.39 is 5.97 Å². The highest BCUT2D eigenvalue weighted by Crippen LogP contribution is 2.19. The first-order valence-electron chi connectivity index (χ1n) is 9.65. The van der Waals surface area contributed by atoms with Gasteiger partial charge in [0.2, 0.25) is 5.91 Å². The lowest BCUT2D eigenvalue weighted by atomic mass is 10.1. The molecule has 3 rings (SSSR count). The van der Waals surface area contributed by atoms with E-state index >= 15 is 0 Å². The molecule has 1 aliphatic rings. The fourth-order valence-electron chi connectivity index (χ4n) is 3.20. The number of hydrogen-bond acceptors (Lipinski definition) is 5. The van der Waals surface area contributed by atoms with Crippen LogP contribution in [0.15, 0.2) is 48.5 Å². The highest BCUT2D eigenvalue weighted by Gasteiger charge is 2.24. The maximum Gasteiger partial charge on any atom is 0.335 e. The summed E-state index contributed by atoms with van der Waals surface area (Å²) in [6, 6.07) is 13.1. The van der Waals surface area contributed by atoms with Crippen LogP contribution >= 0.6 is 0 Å². The summed E-state index contributed by atoms with van der Waals surface area (Å²) < 4.78 is 10.8. The van der Waals surface area contributed by atoms with Crippen molar-refractivity contribution in [3.63, 3.8) is 0 Å². The molecule has 0 aromatic heterocycles. The van der Waals surface area contributed by atoms with Gasteiger partial charge < -0.3 is 24.4 Å². The predicted molar refractivity (Wildman–Crippen MR) is 109 cm³/mol. The molecule has 1 N–H and O–H groups in total. The van der Waals surface area contributed by atoms with E-state index in [0.717, 1.165) is 0 Å². The number of amides is 2. The standard InChI is InChI=1S/C22H24N2O6/c1-29-18-3-2-4-19(15-18)30-14-9-20(25)23-10-12-24(13-11-23)21(26)16-5-7-17(8-6-16)22(27)28/h2-8,15H,9-14H2,1H3,(H,27,28). The van der Waals surface area contributed by atoms with Gasteiger partial charge in [-0.25, -0.2) is 4.79 Å². The average molecular weight is 412 g/mol. The molecule has 158 valence electrons. The molecular weight excluding hydrogens is 388 g/mol. The summed E-state index contributed by atoms with van der Waals surface area (Å²) in [7, 11) is 1.58. The molecule has 2 amide bonds. The zero-order valence-corrected chi connectivity index (χ0v) is 16.7. The largest absolute Gasteiger partial charge is 0.497 e. The van der Waals surface area contributed by atoms with Gasteiger partial charge in [-0.3, -0.25) is 9.59 Å². The Hall–Kier alpha value is -3.55. The average Bonchev–Trinajstić information content (AvgIpc) is 2.79. The van der Waals surface area contributed by atoms with E-state index in [1.807, 2.05) is 12.1 Å². The summed E-state index contributed by atoms with van der Waals surface area (Å²) in [4.78, 5) is 39.3. The minimum atomic E-state index is -1.03. The topological polar surface area (TPSA) is 96.4 Å². The lowest BCUT2D eigenvalue weighted by Gasteiger charge is -2.35. The monoisotopic (exact) mass is 412 g/mol. The van der Waals surface area contributed by atoms with Crippen molar-refractivity contribution >= 4 is 17.8 Å². The molecule has 0 unspecified atom stereocenters. The normalized spacial score (nSPS) is 13.6. The summed E-state index contributed by atoms with van der Waals surface area (Å²) in [6.07, 6.45) is 0.252. The molecule has 1 saturated heterocycles. The zero-order valence-electron chi connectivity index (χ0n) is 16.7. The third-order valence-corrected chi connectivity index (χ3v) is 4.92. The third-order valence-electron chi connectivity index (χ3n) is 4.92. The van der Waals surface area contributed by atoms with Crippen LogP contribution < -0.4 is 9.47 Å². The number of ether oxygens (including phenoxy) is 2. The Morgan fingerprint density at radius 3 is 2.13 bits per heavy atom. The maximum absolute atomic E-state index is 12.6. The minimum Gasteiger partial charge on any atom is -0.497 e. The van der Waals surface area contributed by atoms with Crippen molar-refractivity contribution in [1.82, 2.24) is 9.80 Å². The molecule has 2 aromatic carbocycles. The number of carboxylic acids is 1. The Morgan fingerprint density at radius 2 is 1.50 bits per heavy atom. The Kier molecular flexibility index (Phi) is 6.90. The number of benzene rings is 2. The van der Waals surface area contributed by atoms with Crippen molar-refractivity contribution in [2.24, 2.45) is 0 Å². The Balaban J connectivity index is 1.44. The van der Waals surface area contributed by atoms with Crippen LogP contribution in [0.4, 0.5) is 0 Å². The molecule has 1 fully saturated rings. The molecule has 0 spiro atoms. The third kappa shape index (κ3) is 5.28. The van der Waals surface area contributed by atoms with Gasteiger partial charge in [-0.05, 0) is 36.4 Å². The molecule has 1 aliphatic heterocycles. The molecule has 30 heavy (non-hydrogen) atoms. The second kappa shape index (κ2) is 9.78. The number of carbonyl (C=O) groups is 3. The first-order chi connectivity index (χ1) is 14.5. The van der Waals surface area contributed by atoms with E-state index in [2.05, 4.69) is 0 Å². The highest BCUT2D eigenvalue weighted by molar-refractivity contribution is 5.96. The van der Waals surface area contributed by atoms with E-state index in [1.54, 1.807) is 29.0 Å². The number of methoxy groups -OCH3 is 1. The summed E-state index contributed by atoms with van der Waals surface area (Å²) in [6.45, 7) is 2.04. The van der Waals surface area contributed by atoms with Gasteiger partial charge in [-0.2, -0.15) is 0 Å². The fourth-order valence-corrected chi connectivity index (χ4v) is 3.20. The fraction of sp³-hybridized carbons (Fsp3) is 0.318. The zero-order chi connectivity index (χ0) is 21.5. The van der Waals surface area contributed by atoms with Gasteiger partial charge in [0.25, 0.3) is 5.91 Å². The van der Waals surface area contributed by atoms with Gasteiger partial charge in [-0.1, -0.05) is 6.07 Å². The van der Waals surface area contributed by atoms with Crippen molar-refractivity contribution in [3.05, 3.63) is 59.7 Å². The van der Waals surface area contributed by atoms with Crippen LogP contribution in [0.25, 0.3) is 0 Å². The Morgan fingerprint density at radius 1 is 0.900 bits per heavy atom. The molecule has 0 saturated carbocycles. The van der Waals surface area contributed by atoms with E-state index in [4.69, 9.17) is 14.6 Å². The minimum absolute atomic E-state index is 0.0178. The molecule has 1 heterocycles. The Bertz CT molecular complexity index is 904. The van der Waals surface area contributed by atoms with Gasteiger partial charge in [0.15, 0.2) is 0 Å². The molecule has 8 heteroatoms. The Labute approximate surface area is 174 Å². The van der Waals surface area contributed by atoms with Crippen LogP contribution in [0.3, 0.4) is 0 Å². The molecule has 0 atom stereocenters. The van der Waals surface area contributed by atoms with Gasteiger partial charge in [0, 0.05) is 37.8 Å². The first kappa shape index (κ1) is 21.2. The van der Waals surface area contributed by atoms with Gasteiger partial charge in [0.05, 0.1) is 25.7 Å². The summed E-state index contributed by atoms with van der Waals surface area (Å²) >= 11 is 0. The molecule has 0 bridgehead atoms. The lowest BCUT2D eigenvalue weighted by Crippen LogP contribution is -2.50. The van der Waals surface area contributed by atoms with Crippen LogP contribution in [0.5, 0.6) is 11.5 Å². The second-order valence-corrected chi connectivity index (χ2v) is 6.83. The number of carboxylic acid groups (broad SMARTS) is 1. The SMILES string of the molecule is COc1cccc(OCCC(=O)N2CCN(C(=O)c3ccc(C(=O)O)cc3)CC2)c1. The number of nitrogens with zero attached hydrogens (tertiary/aromatic N) is 2. The van der Waals surface area contributed by atoms with Gasteiger partial charge in [-0.15, -0.1) is 0 Å². The smallest absolute Gasteiger partial charge is 0.335 e. The van der Waals surface area contributed by atoms with Crippen molar-refractivity contribution in [3.8, 4) is 11.5 Å². The van der Waals surface area contributed by atoms with Crippen molar-refractivity contribution < 1.29 is 29.0 Å². The van der Waals surface area contributed by atoms with E-state index in [9.17, 15) is 14.4 Å². The molecule has 2 aromatic rings. The summed E-state index contributed by atoms with van der Waals surface area (Å²) in [5, 5.41) is 8.95. The number of carbonyl (C=O) groups excluding carboxylic acids is 2. The molecule has 0 aliphatic carbocycles. The number of rotatable bonds is 7. The highest BCUT2D eigenvalue weighted by atomic mass is 16.5. The van der Waals surface area contributed by atoms with E-state index in [1.165, 1.54) is 24.3 Å². The van der Waals surface area contributed by atoms with E-state index in [0.29, 0.717) is 43.2 Å². The van der Waals surface area contributed by atoms with Crippen molar-refractivity contribution in [1.29, 1.82) is 0 Å². The number of hydrogen-bond donors (Lipinski definition) is 1. The van der Waals surface area contributed by atoms with Crippen LogP contribution in [0.2, 0.25) is 0 Å². The van der Waals surface area contributed by atoms with Crippen molar-refractivity contribution in [2.75, 3.05) is 39.9 Å².